The highest BCUT2D eigenvalue weighted by Crippen LogP contribution is 2.11. The highest BCUT2D eigenvalue weighted by atomic mass is 16.6. The van der Waals surface area contributed by atoms with E-state index in [1.807, 2.05) is 12.1 Å². The standard InChI is InChI=1S/C11H15NO4/c1-14-11(13)10-8-12(4-6-16-10)7-9-3-2-5-15-9/h2-3,5,10H,4,6-8H2,1H3. The average Bonchev–Trinajstić information content (AvgIpc) is 2.81. The second-order valence-corrected chi connectivity index (χ2v) is 3.70. The van der Waals surface area contributed by atoms with Crippen LogP contribution in [0.2, 0.25) is 0 Å². The van der Waals surface area contributed by atoms with E-state index < -0.39 is 6.10 Å². The Bertz CT molecular complexity index is 336. The van der Waals surface area contributed by atoms with Crippen molar-refractivity contribution >= 4 is 5.97 Å². The summed E-state index contributed by atoms with van der Waals surface area (Å²) in [5.41, 5.74) is 0. The molecule has 0 radical (unpaired) electrons. The predicted molar refractivity (Wildman–Crippen MR) is 55.7 cm³/mol. The molecule has 0 saturated carbocycles. The summed E-state index contributed by atoms with van der Waals surface area (Å²) < 4.78 is 15.3. The fourth-order valence-corrected chi connectivity index (χ4v) is 1.74. The van der Waals surface area contributed by atoms with Gasteiger partial charge in [0, 0.05) is 13.1 Å². The summed E-state index contributed by atoms with van der Waals surface area (Å²) in [6.07, 6.45) is 1.17. The maximum Gasteiger partial charge on any atom is 0.336 e. The van der Waals surface area contributed by atoms with Gasteiger partial charge in [0.2, 0.25) is 0 Å². The quantitative estimate of drug-likeness (QED) is 0.707. The van der Waals surface area contributed by atoms with E-state index >= 15 is 0 Å². The highest BCUT2D eigenvalue weighted by molar-refractivity contribution is 5.74. The zero-order valence-corrected chi connectivity index (χ0v) is 9.22. The van der Waals surface area contributed by atoms with E-state index in [4.69, 9.17) is 9.15 Å². The average molecular weight is 225 g/mol. The molecule has 16 heavy (non-hydrogen) atoms. The van der Waals surface area contributed by atoms with Crippen LogP contribution in [-0.2, 0) is 20.8 Å². The van der Waals surface area contributed by atoms with Crippen LogP contribution in [0.25, 0.3) is 0 Å². The molecule has 1 aliphatic heterocycles. The zero-order valence-electron chi connectivity index (χ0n) is 9.22. The number of esters is 1. The van der Waals surface area contributed by atoms with E-state index in [9.17, 15) is 4.79 Å². The van der Waals surface area contributed by atoms with Gasteiger partial charge in [-0.1, -0.05) is 0 Å². The van der Waals surface area contributed by atoms with Gasteiger partial charge in [-0.3, -0.25) is 4.90 Å². The van der Waals surface area contributed by atoms with E-state index in [1.165, 1.54) is 7.11 Å². The van der Waals surface area contributed by atoms with Crippen molar-refractivity contribution in [2.45, 2.75) is 12.6 Å². The van der Waals surface area contributed by atoms with Crippen molar-refractivity contribution in [1.82, 2.24) is 4.90 Å². The third kappa shape index (κ3) is 2.62. The minimum Gasteiger partial charge on any atom is -0.468 e. The Morgan fingerprint density at radius 2 is 2.56 bits per heavy atom. The monoisotopic (exact) mass is 225 g/mol. The van der Waals surface area contributed by atoms with Crippen LogP contribution in [0.5, 0.6) is 0 Å². The lowest BCUT2D eigenvalue weighted by Crippen LogP contribution is -2.45. The Kier molecular flexibility index (Phi) is 3.58. The second-order valence-electron chi connectivity index (χ2n) is 3.70. The molecule has 0 aliphatic carbocycles. The molecule has 1 aliphatic rings. The van der Waals surface area contributed by atoms with Crippen molar-refractivity contribution in [3.05, 3.63) is 24.2 Å². The highest BCUT2D eigenvalue weighted by Gasteiger charge is 2.27. The molecule has 0 amide bonds. The molecule has 1 atom stereocenters. The van der Waals surface area contributed by atoms with Crippen LogP contribution < -0.4 is 0 Å². The zero-order chi connectivity index (χ0) is 11.4. The van der Waals surface area contributed by atoms with Crippen LogP contribution in [0.1, 0.15) is 5.76 Å². The van der Waals surface area contributed by atoms with Gasteiger partial charge >= 0.3 is 5.97 Å². The number of rotatable bonds is 3. The smallest absolute Gasteiger partial charge is 0.336 e. The molecule has 0 aromatic carbocycles. The molecule has 1 unspecified atom stereocenters. The molecule has 1 aromatic rings. The number of hydrogen-bond acceptors (Lipinski definition) is 5. The fraction of sp³-hybridized carbons (Fsp3) is 0.545. The number of carbonyl (C=O) groups excluding carboxylic acids is 1. The van der Waals surface area contributed by atoms with Gasteiger partial charge in [-0.25, -0.2) is 4.79 Å². The molecule has 5 nitrogen and oxygen atoms in total. The first kappa shape index (κ1) is 11.2. The summed E-state index contributed by atoms with van der Waals surface area (Å²) in [5.74, 6) is 0.578. The Morgan fingerprint density at radius 3 is 3.25 bits per heavy atom. The van der Waals surface area contributed by atoms with Crippen molar-refractivity contribution < 1.29 is 18.7 Å². The lowest BCUT2D eigenvalue weighted by molar-refractivity contribution is -0.160. The fourth-order valence-electron chi connectivity index (χ4n) is 1.74. The largest absolute Gasteiger partial charge is 0.468 e. The van der Waals surface area contributed by atoms with Crippen LogP contribution >= 0.6 is 0 Å². The normalized spacial score (nSPS) is 21.9. The molecule has 1 aromatic heterocycles. The van der Waals surface area contributed by atoms with Gasteiger partial charge in [0.1, 0.15) is 5.76 Å². The Balaban J connectivity index is 1.89. The summed E-state index contributed by atoms with van der Waals surface area (Å²) in [6.45, 7) is 2.59. The lowest BCUT2D eigenvalue weighted by Gasteiger charge is -2.30. The van der Waals surface area contributed by atoms with Crippen LogP contribution in [0.4, 0.5) is 0 Å². The molecule has 0 spiro atoms. The van der Waals surface area contributed by atoms with Crippen LogP contribution in [0.3, 0.4) is 0 Å². The van der Waals surface area contributed by atoms with Gasteiger partial charge in [-0.15, -0.1) is 0 Å². The van der Waals surface area contributed by atoms with Gasteiger partial charge in [-0.2, -0.15) is 0 Å². The van der Waals surface area contributed by atoms with Crippen molar-refractivity contribution in [3.8, 4) is 0 Å². The van der Waals surface area contributed by atoms with Crippen molar-refractivity contribution in [1.29, 1.82) is 0 Å². The predicted octanol–water partition coefficient (Wildman–Crippen LogP) is 0.653. The number of methoxy groups -OCH3 is 1. The summed E-state index contributed by atoms with van der Waals surface area (Å²) in [4.78, 5) is 13.4. The Hall–Kier alpha value is -1.33. The number of ether oxygens (including phenoxy) is 2. The first-order valence-electron chi connectivity index (χ1n) is 5.24. The first-order valence-corrected chi connectivity index (χ1v) is 5.24. The number of nitrogens with zero attached hydrogens (tertiary/aromatic N) is 1. The maximum atomic E-state index is 11.3. The number of hydrogen-bond donors (Lipinski definition) is 0. The molecule has 0 N–H and O–H groups in total. The van der Waals surface area contributed by atoms with Gasteiger partial charge in [0.25, 0.3) is 0 Å². The molecule has 0 bridgehead atoms. The molecule has 2 rings (SSSR count). The summed E-state index contributed by atoms with van der Waals surface area (Å²) in [6, 6.07) is 3.77. The van der Waals surface area contributed by atoms with Crippen molar-refractivity contribution in [2.75, 3.05) is 26.8 Å². The molecule has 1 saturated heterocycles. The van der Waals surface area contributed by atoms with Gasteiger partial charge < -0.3 is 13.9 Å². The van der Waals surface area contributed by atoms with E-state index in [0.29, 0.717) is 19.7 Å². The molecular weight excluding hydrogens is 210 g/mol. The molecule has 1 fully saturated rings. The number of carbonyl (C=O) groups is 1. The van der Waals surface area contributed by atoms with E-state index in [-0.39, 0.29) is 5.97 Å². The minimum atomic E-state index is -0.478. The minimum absolute atomic E-state index is 0.316. The summed E-state index contributed by atoms with van der Waals surface area (Å²) in [5, 5.41) is 0. The third-order valence-corrected chi connectivity index (χ3v) is 2.57. The van der Waals surface area contributed by atoms with Crippen LogP contribution in [0, 0.1) is 0 Å². The van der Waals surface area contributed by atoms with E-state index in [2.05, 4.69) is 9.64 Å². The van der Waals surface area contributed by atoms with E-state index in [0.717, 1.165) is 12.3 Å². The van der Waals surface area contributed by atoms with Gasteiger partial charge in [0.15, 0.2) is 6.10 Å². The Labute approximate surface area is 93.9 Å². The second kappa shape index (κ2) is 5.14. The maximum absolute atomic E-state index is 11.3. The van der Waals surface area contributed by atoms with Crippen molar-refractivity contribution in [3.63, 3.8) is 0 Å². The first-order chi connectivity index (χ1) is 7.79. The SMILES string of the molecule is COC(=O)C1CN(Cc2ccco2)CCO1. The van der Waals surface area contributed by atoms with Crippen LogP contribution in [0.15, 0.2) is 22.8 Å². The summed E-state index contributed by atoms with van der Waals surface area (Å²) >= 11 is 0. The topological polar surface area (TPSA) is 51.9 Å². The number of morpholine rings is 1. The molecule has 2 heterocycles. The lowest BCUT2D eigenvalue weighted by atomic mass is 10.2. The van der Waals surface area contributed by atoms with E-state index in [1.54, 1.807) is 6.26 Å². The summed E-state index contributed by atoms with van der Waals surface area (Å²) in [7, 11) is 1.37. The molecule has 5 heteroatoms. The molecular formula is C11H15NO4. The number of furan rings is 1. The van der Waals surface area contributed by atoms with Gasteiger partial charge in [-0.05, 0) is 12.1 Å². The third-order valence-electron chi connectivity index (χ3n) is 2.57. The van der Waals surface area contributed by atoms with Gasteiger partial charge in [0.05, 0.1) is 26.5 Å². The van der Waals surface area contributed by atoms with Crippen molar-refractivity contribution in [2.24, 2.45) is 0 Å². The van der Waals surface area contributed by atoms with Crippen LogP contribution in [-0.4, -0.2) is 43.8 Å². The Morgan fingerprint density at radius 1 is 1.69 bits per heavy atom. The molecule has 88 valence electrons.